The number of para-hydroxylation sites is 1. The highest BCUT2D eigenvalue weighted by Crippen LogP contribution is 2.49. The first-order chi connectivity index (χ1) is 16.5. The molecule has 1 aromatic heterocycles. The Hall–Kier alpha value is -3.44. The molecule has 5 nitrogen and oxygen atoms in total. The molecule has 0 saturated carbocycles. The van der Waals surface area contributed by atoms with E-state index in [-0.39, 0.29) is 23.8 Å². The number of nitrogens with one attached hydrogen (secondary N) is 2. The van der Waals surface area contributed by atoms with Gasteiger partial charge in [0.15, 0.2) is 11.5 Å². The summed E-state index contributed by atoms with van der Waals surface area (Å²) in [6.07, 6.45) is 0.747. The number of hydrogen-bond donors (Lipinski definition) is 2. The predicted octanol–water partition coefficient (Wildman–Crippen LogP) is 6.01. The van der Waals surface area contributed by atoms with Crippen LogP contribution < -0.4 is 14.8 Å². The molecule has 0 radical (unpaired) electrons. The van der Waals surface area contributed by atoms with E-state index in [9.17, 15) is 4.79 Å². The lowest BCUT2D eigenvalue weighted by Gasteiger charge is -2.37. The minimum absolute atomic E-state index is 0.0278. The van der Waals surface area contributed by atoms with Crippen LogP contribution in [-0.2, 0) is 4.79 Å². The van der Waals surface area contributed by atoms with E-state index in [0.29, 0.717) is 16.5 Å². The first-order valence-corrected chi connectivity index (χ1v) is 11.7. The summed E-state index contributed by atoms with van der Waals surface area (Å²) in [6, 6.07) is 22.3. The summed E-state index contributed by atoms with van der Waals surface area (Å²) >= 11 is 6.19. The molecule has 34 heavy (non-hydrogen) atoms. The number of amides is 1. The van der Waals surface area contributed by atoms with Crippen molar-refractivity contribution in [2.75, 3.05) is 14.2 Å². The van der Waals surface area contributed by atoms with Crippen LogP contribution in [0.2, 0.25) is 5.02 Å². The molecule has 6 heteroatoms. The summed E-state index contributed by atoms with van der Waals surface area (Å²) in [7, 11) is 3.29. The Labute approximate surface area is 204 Å². The average Bonchev–Trinajstić information content (AvgIpc) is 3.23. The number of aromatic nitrogens is 1. The van der Waals surface area contributed by atoms with Crippen LogP contribution in [0.25, 0.3) is 10.9 Å². The van der Waals surface area contributed by atoms with E-state index in [0.717, 1.165) is 28.8 Å². The van der Waals surface area contributed by atoms with Crippen LogP contribution in [0.15, 0.2) is 66.7 Å². The van der Waals surface area contributed by atoms with Gasteiger partial charge >= 0.3 is 0 Å². The highest BCUT2D eigenvalue weighted by Gasteiger charge is 2.39. The second-order valence-corrected chi connectivity index (χ2v) is 9.17. The Kier molecular flexibility index (Phi) is 5.96. The lowest BCUT2D eigenvalue weighted by molar-refractivity contribution is -0.119. The van der Waals surface area contributed by atoms with Crippen LogP contribution >= 0.6 is 11.6 Å². The molecule has 1 aliphatic rings. The number of benzene rings is 3. The number of carbonyl (C=O) groups is 1. The maximum Gasteiger partial charge on any atom is 0.217 e. The monoisotopic (exact) mass is 474 g/mol. The lowest BCUT2D eigenvalue weighted by atomic mass is 9.71. The fraction of sp³-hybridized carbons (Fsp3) is 0.250. The summed E-state index contributed by atoms with van der Waals surface area (Å²) < 4.78 is 11.1. The molecule has 1 amide bonds. The Morgan fingerprint density at radius 2 is 1.68 bits per heavy atom. The summed E-state index contributed by atoms with van der Waals surface area (Å²) in [4.78, 5) is 16.0. The fourth-order valence-corrected chi connectivity index (χ4v) is 5.48. The standard InChI is InChI=1S/C28H27ClN2O3/c1-16(32)30-23-15-21(18-10-13-24(33-2)25(14-18)34-3)27-20-6-4-5-7-22(20)31-28(27)26(23)17-8-11-19(29)12-9-17/h4-14,21,23,26,31H,15H2,1-3H3,(H,30,32)/t21-,23-,26-/m0/s1. The Bertz CT molecular complexity index is 1350. The van der Waals surface area contributed by atoms with Crippen molar-refractivity contribution in [3.05, 3.63) is 94.1 Å². The number of ether oxygens (including phenoxy) is 2. The Morgan fingerprint density at radius 1 is 0.971 bits per heavy atom. The average molecular weight is 475 g/mol. The molecule has 0 fully saturated rings. The molecular formula is C28H27ClN2O3. The summed E-state index contributed by atoms with van der Waals surface area (Å²) in [5.41, 5.74) is 5.69. The van der Waals surface area contributed by atoms with Gasteiger partial charge in [0, 0.05) is 46.4 Å². The number of hydrogen-bond acceptors (Lipinski definition) is 3. The highest BCUT2D eigenvalue weighted by atomic mass is 35.5. The topological polar surface area (TPSA) is 63.3 Å². The molecule has 0 spiro atoms. The SMILES string of the molecule is COc1ccc([C@@H]2C[C@H](NC(C)=O)[C@H](c3ccc(Cl)cc3)c3[nH]c4ccccc4c32)cc1OC. The van der Waals surface area contributed by atoms with E-state index in [1.807, 2.05) is 42.5 Å². The van der Waals surface area contributed by atoms with Gasteiger partial charge in [-0.15, -0.1) is 0 Å². The van der Waals surface area contributed by atoms with Gasteiger partial charge in [-0.3, -0.25) is 4.79 Å². The van der Waals surface area contributed by atoms with Gasteiger partial charge in [-0.25, -0.2) is 0 Å². The van der Waals surface area contributed by atoms with Gasteiger partial charge < -0.3 is 19.8 Å². The van der Waals surface area contributed by atoms with E-state index in [1.54, 1.807) is 21.1 Å². The molecule has 3 aromatic carbocycles. The van der Waals surface area contributed by atoms with E-state index in [1.165, 1.54) is 10.9 Å². The summed E-state index contributed by atoms with van der Waals surface area (Å²) in [5.74, 6) is 1.37. The van der Waals surface area contributed by atoms with Crippen LogP contribution in [0.3, 0.4) is 0 Å². The lowest BCUT2D eigenvalue weighted by Crippen LogP contribution is -2.42. The highest BCUT2D eigenvalue weighted by molar-refractivity contribution is 6.30. The Balaban J connectivity index is 1.73. The number of H-pyrrole nitrogens is 1. The van der Waals surface area contributed by atoms with E-state index in [4.69, 9.17) is 21.1 Å². The maximum atomic E-state index is 12.3. The van der Waals surface area contributed by atoms with Crippen molar-refractivity contribution in [3.8, 4) is 11.5 Å². The van der Waals surface area contributed by atoms with Crippen molar-refractivity contribution in [1.29, 1.82) is 0 Å². The van der Waals surface area contributed by atoms with Crippen LogP contribution in [0.1, 0.15) is 47.6 Å². The smallest absolute Gasteiger partial charge is 0.217 e. The summed E-state index contributed by atoms with van der Waals surface area (Å²) in [6.45, 7) is 1.57. The van der Waals surface area contributed by atoms with Crippen LogP contribution in [-0.4, -0.2) is 31.2 Å². The molecule has 0 saturated heterocycles. The van der Waals surface area contributed by atoms with Gasteiger partial charge in [-0.2, -0.15) is 0 Å². The van der Waals surface area contributed by atoms with Crippen LogP contribution in [0.5, 0.6) is 11.5 Å². The van der Waals surface area contributed by atoms with Gasteiger partial charge in [-0.1, -0.05) is 48.0 Å². The minimum atomic E-state index is -0.0997. The number of carbonyl (C=O) groups excluding carboxylic acids is 1. The normalized spacial score (nSPS) is 19.5. The molecular weight excluding hydrogens is 448 g/mol. The third kappa shape index (κ3) is 3.90. The van der Waals surface area contributed by atoms with Crippen LogP contribution in [0, 0.1) is 0 Å². The molecule has 0 aliphatic heterocycles. The van der Waals surface area contributed by atoms with Crippen molar-refractivity contribution in [1.82, 2.24) is 10.3 Å². The van der Waals surface area contributed by atoms with Crippen molar-refractivity contribution >= 4 is 28.4 Å². The van der Waals surface area contributed by atoms with Gasteiger partial charge in [0.2, 0.25) is 5.91 Å². The number of rotatable bonds is 5. The fourth-order valence-electron chi connectivity index (χ4n) is 5.36. The maximum absolute atomic E-state index is 12.3. The first kappa shape index (κ1) is 22.4. The molecule has 174 valence electrons. The van der Waals surface area contributed by atoms with Crippen molar-refractivity contribution in [2.24, 2.45) is 0 Å². The van der Waals surface area contributed by atoms with Crippen molar-refractivity contribution < 1.29 is 14.3 Å². The Morgan fingerprint density at radius 3 is 2.38 bits per heavy atom. The molecule has 1 aliphatic carbocycles. The number of fused-ring (bicyclic) bond motifs is 3. The first-order valence-electron chi connectivity index (χ1n) is 11.3. The van der Waals surface area contributed by atoms with Gasteiger partial charge in [0.25, 0.3) is 0 Å². The molecule has 1 heterocycles. The zero-order chi connectivity index (χ0) is 23.8. The van der Waals surface area contributed by atoms with Crippen molar-refractivity contribution in [3.63, 3.8) is 0 Å². The zero-order valence-corrected chi connectivity index (χ0v) is 20.1. The molecule has 3 atom stereocenters. The van der Waals surface area contributed by atoms with E-state index < -0.39 is 0 Å². The number of aromatic amines is 1. The van der Waals surface area contributed by atoms with Gasteiger partial charge in [0.1, 0.15) is 0 Å². The molecule has 0 bridgehead atoms. The van der Waals surface area contributed by atoms with Crippen LogP contribution in [0.4, 0.5) is 0 Å². The third-order valence-electron chi connectivity index (χ3n) is 6.76. The molecule has 0 unspecified atom stereocenters. The van der Waals surface area contributed by atoms with E-state index >= 15 is 0 Å². The van der Waals surface area contributed by atoms with Gasteiger partial charge in [0.05, 0.1) is 14.2 Å². The zero-order valence-electron chi connectivity index (χ0n) is 19.4. The molecule has 4 aromatic rings. The number of methoxy groups -OCH3 is 2. The predicted molar refractivity (Wildman–Crippen MR) is 135 cm³/mol. The van der Waals surface area contributed by atoms with E-state index in [2.05, 4.69) is 34.6 Å². The second-order valence-electron chi connectivity index (χ2n) is 8.74. The molecule has 5 rings (SSSR count). The van der Waals surface area contributed by atoms with Crippen molar-refractivity contribution in [2.45, 2.75) is 31.2 Å². The second kappa shape index (κ2) is 9.07. The molecule has 2 N–H and O–H groups in total. The minimum Gasteiger partial charge on any atom is -0.493 e. The largest absolute Gasteiger partial charge is 0.493 e. The number of halogens is 1. The summed E-state index contributed by atoms with van der Waals surface area (Å²) in [5, 5.41) is 5.12. The third-order valence-corrected chi connectivity index (χ3v) is 7.01. The quantitative estimate of drug-likeness (QED) is 0.372. The van der Waals surface area contributed by atoms with Gasteiger partial charge in [-0.05, 0) is 53.4 Å².